The third-order valence-electron chi connectivity index (χ3n) is 9.54. The summed E-state index contributed by atoms with van der Waals surface area (Å²) in [5.74, 6) is -1.10. The van der Waals surface area contributed by atoms with Crippen molar-refractivity contribution in [3.8, 4) is 0 Å². The van der Waals surface area contributed by atoms with Crippen LogP contribution in [-0.2, 0) is 37.0 Å². The third-order valence-corrected chi connectivity index (χ3v) is 10.3. The standard InChI is InChI=1S/C41H63IN6O6/c1-4-5-6-7-8-9-10-11-12-13-14-15-16-17-21-24-34(49)53-29-33(27-48-30-44-36-37(42)46-40(43)47-38(36)48)25-26-52-39(50)35(31(2)3)45-41(51)54-28-32-22-19-18-20-23-32/h18-20,22-23,30-31,33,35H,4-17,21,24-29H2,1-3H3,(H,45,51)(H2,43,46,47)/t33-,35+/m1/s1. The summed E-state index contributed by atoms with van der Waals surface area (Å²) in [6, 6.07) is 8.42. The Morgan fingerprint density at radius 3 is 2.06 bits per heavy atom. The molecule has 0 saturated carbocycles. The summed E-state index contributed by atoms with van der Waals surface area (Å²) >= 11 is 2.08. The van der Waals surface area contributed by atoms with E-state index in [1.165, 1.54) is 77.0 Å². The van der Waals surface area contributed by atoms with E-state index in [2.05, 4.69) is 49.8 Å². The van der Waals surface area contributed by atoms with E-state index in [-0.39, 0.29) is 43.6 Å². The third kappa shape index (κ3) is 17.8. The minimum atomic E-state index is -0.890. The van der Waals surface area contributed by atoms with Crippen LogP contribution >= 0.6 is 22.6 Å². The minimum Gasteiger partial charge on any atom is -0.465 e. The van der Waals surface area contributed by atoms with Gasteiger partial charge in [-0.15, -0.1) is 0 Å². The molecule has 2 aromatic heterocycles. The van der Waals surface area contributed by atoms with Crippen molar-refractivity contribution in [2.45, 2.75) is 149 Å². The van der Waals surface area contributed by atoms with Crippen molar-refractivity contribution in [3.05, 3.63) is 45.9 Å². The van der Waals surface area contributed by atoms with Crippen molar-refractivity contribution in [3.63, 3.8) is 0 Å². The van der Waals surface area contributed by atoms with E-state index in [1.54, 1.807) is 6.33 Å². The molecule has 1 aromatic carbocycles. The number of carbonyl (C=O) groups is 3. The number of amides is 1. The Bertz CT molecular complexity index is 1520. The van der Waals surface area contributed by atoms with E-state index in [0.717, 1.165) is 24.8 Å². The maximum Gasteiger partial charge on any atom is 0.408 e. The van der Waals surface area contributed by atoms with E-state index in [0.29, 0.717) is 34.3 Å². The topological polar surface area (TPSA) is 161 Å². The van der Waals surface area contributed by atoms with E-state index in [4.69, 9.17) is 19.9 Å². The van der Waals surface area contributed by atoms with E-state index < -0.39 is 18.1 Å². The van der Waals surface area contributed by atoms with Crippen molar-refractivity contribution in [2.24, 2.45) is 11.8 Å². The van der Waals surface area contributed by atoms with E-state index in [1.807, 2.05) is 48.7 Å². The average molecular weight is 863 g/mol. The highest BCUT2D eigenvalue weighted by molar-refractivity contribution is 14.1. The van der Waals surface area contributed by atoms with Gasteiger partial charge in [-0.1, -0.05) is 141 Å². The summed E-state index contributed by atoms with van der Waals surface area (Å²) in [5.41, 5.74) is 7.98. The second-order valence-corrected chi connectivity index (χ2v) is 15.6. The summed E-state index contributed by atoms with van der Waals surface area (Å²) in [6.07, 6.45) is 20.7. The smallest absolute Gasteiger partial charge is 0.408 e. The number of hydrogen-bond donors (Lipinski definition) is 2. The lowest BCUT2D eigenvalue weighted by Crippen LogP contribution is -2.45. The number of nitrogen functional groups attached to an aromatic ring is 1. The SMILES string of the molecule is CCCCCCCCCCCCCCCCCC(=O)OC[C@H](CCOC(=O)[C@@H](NC(=O)OCc1ccccc1)C(C)C)Cn1cnc2c(I)nc(N)nc21. The quantitative estimate of drug-likeness (QED) is 0.0237. The molecule has 300 valence electrons. The number of carbonyl (C=O) groups excluding carboxylic acids is 3. The molecule has 1 amide bonds. The van der Waals surface area contributed by atoms with Gasteiger partial charge in [0, 0.05) is 18.9 Å². The second-order valence-electron chi connectivity index (χ2n) is 14.6. The zero-order valence-electron chi connectivity index (χ0n) is 32.7. The van der Waals surface area contributed by atoms with Crippen LogP contribution in [0.3, 0.4) is 0 Å². The van der Waals surface area contributed by atoms with E-state index >= 15 is 0 Å². The zero-order chi connectivity index (χ0) is 39.0. The number of halogens is 1. The van der Waals surface area contributed by atoms with Crippen LogP contribution in [0.1, 0.15) is 135 Å². The lowest BCUT2D eigenvalue weighted by molar-refractivity contribution is -0.149. The molecule has 13 heteroatoms. The number of imidazole rings is 1. The van der Waals surface area contributed by atoms with Gasteiger partial charge in [-0.25, -0.2) is 19.6 Å². The number of fused-ring (bicyclic) bond motifs is 1. The van der Waals surface area contributed by atoms with Gasteiger partial charge in [0.2, 0.25) is 5.95 Å². The fourth-order valence-corrected chi connectivity index (χ4v) is 6.92. The molecule has 12 nitrogen and oxygen atoms in total. The number of hydrogen-bond acceptors (Lipinski definition) is 10. The van der Waals surface area contributed by atoms with Crippen molar-refractivity contribution in [1.29, 1.82) is 0 Å². The number of esters is 2. The van der Waals surface area contributed by atoms with Crippen molar-refractivity contribution >= 4 is 57.7 Å². The normalized spacial score (nSPS) is 12.5. The molecule has 0 aliphatic heterocycles. The molecule has 3 N–H and O–H groups in total. The van der Waals surface area contributed by atoms with Gasteiger partial charge in [-0.3, -0.25) is 4.79 Å². The van der Waals surface area contributed by atoms with Crippen LogP contribution in [0.15, 0.2) is 36.7 Å². The fourth-order valence-electron chi connectivity index (χ4n) is 6.29. The molecule has 2 heterocycles. The summed E-state index contributed by atoms with van der Waals surface area (Å²) in [6.45, 7) is 6.61. The number of unbranched alkanes of at least 4 members (excludes halogenated alkanes) is 14. The fraction of sp³-hybridized carbons (Fsp3) is 0.659. The molecule has 0 spiro atoms. The highest BCUT2D eigenvalue weighted by Crippen LogP contribution is 2.20. The number of anilines is 1. The maximum absolute atomic E-state index is 13.1. The zero-order valence-corrected chi connectivity index (χ0v) is 34.9. The largest absolute Gasteiger partial charge is 0.465 e. The number of benzene rings is 1. The van der Waals surface area contributed by atoms with Crippen molar-refractivity contribution < 1.29 is 28.6 Å². The lowest BCUT2D eigenvalue weighted by Gasteiger charge is -2.22. The maximum atomic E-state index is 13.1. The highest BCUT2D eigenvalue weighted by Gasteiger charge is 2.27. The summed E-state index contributed by atoms with van der Waals surface area (Å²) in [4.78, 5) is 51.4. The van der Waals surface area contributed by atoms with Gasteiger partial charge in [-0.2, -0.15) is 4.98 Å². The molecular formula is C41H63IN6O6. The molecule has 3 aromatic rings. The molecule has 54 heavy (non-hydrogen) atoms. The predicted octanol–water partition coefficient (Wildman–Crippen LogP) is 9.32. The molecule has 3 rings (SSSR count). The van der Waals surface area contributed by atoms with Crippen molar-refractivity contribution in [2.75, 3.05) is 18.9 Å². The van der Waals surface area contributed by atoms with Crippen LogP contribution in [0.5, 0.6) is 0 Å². The first kappa shape index (κ1) is 44.9. The van der Waals surface area contributed by atoms with Crippen LogP contribution < -0.4 is 11.1 Å². The average Bonchev–Trinajstić information content (AvgIpc) is 3.56. The molecule has 0 saturated heterocycles. The van der Waals surface area contributed by atoms with Gasteiger partial charge in [0.1, 0.15) is 21.9 Å². The van der Waals surface area contributed by atoms with Gasteiger partial charge in [-0.05, 0) is 46.9 Å². The molecule has 0 radical (unpaired) electrons. The van der Waals surface area contributed by atoms with Gasteiger partial charge >= 0.3 is 18.0 Å². The van der Waals surface area contributed by atoms with Gasteiger partial charge in [0.15, 0.2) is 5.65 Å². The number of nitrogens with zero attached hydrogens (tertiary/aromatic N) is 4. The van der Waals surface area contributed by atoms with E-state index in [9.17, 15) is 14.4 Å². The van der Waals surface area contributed by atoms with Crippen LogP contribution in [0.25, 0.3) is 11.2 Å². The predicted molar refractivity (Wildman–Crippen MR) is 220 cm³/mol. The molecule has 0 aliphatic carbocycles. The number of nitrogens with one attached hydrogen (secondary N) is 1. The first-order chi connectivity index (χ1) is 26.2. The number of nitrogens with two attached hydrogens (primary N) is 1. The number of alkyl carbamates (subject to hydrolysis) is 1. The lowest BCUT2D eigenvalue weighted by atomic mass is 10.0. The second kappa shape index (κ2) is 26.3. The Kier molecular flexibility index (Phi) is 21.9. The van der Waals surface area contributed by atoms with Crippen molar-refractivity contribution in [1.82, 2.24) is 24.8 Å². The molecule has 0 unspecified atom stereocenters. The number of aromatic nitrogens is 4. The van der Waals surface area contributed by atoms with Crippen LogP contribution in [-0.4, -0.2) is 56.8 Å². The Hall–Kier alpha value is -3.49. The first-order valence-corrected chi connectivity index (χ1v) is 21.2. The minimum absolute atomic E-state index is 0.0609. The summed E-state index contributed by atoms with van der Waals surface area (Å²) < 4.78 is 19.2. The van der Waals surface area contributed by atoms with Crippen LogP contribution in [0, 0.1) is 15.5 Å². The molecule has 0 bridgehead atoms. The first-order valence-electron chi connectivity index (χ1n) is 20.1. The summed E-state index contributed by atoms with van der Waals surface area (Å²) in [5, 5.41) is 2.64. The Labute approximate surface area is 335 Å². The highest BCUT2D eigenvalue weighted by atomic mass is 127. The molecular weight excluding hydrogens is 799 g/mol. The van der Waals surface area contributed by atoms with Gasteiger partial charge in [0.25, 0.3) is 0 Å². The van der Waals surface area contributed by atoms with Gasteiger partial charge < -0.3 is 29.8 Å². The molecule has 0 aliphatic rings. The Morgan fingerprint density at radius 2 is 1.44 bits per heavy atom. The Morgan fingerprint density at radius 1 is 0.833 bits per heavy atom. The number of ether oxygens (including phenoxy) is 3. The monoisotopic (exact) mass is 862 g/mol. The molecule has 0 fully saturated rings. The van der Waals surface area contributed by atoms with Gasteiger partial charge in [0.05, 0.1) is 19.5 Å². The number of rotatable bonds is 28. The van der Waals surface area contributed by atoms with Crippen LogP contribution in [0.4, 0.5) is 10.7 Å². The van der Waals surface area contributed by atoms with Crippen LogP contribution in [0.2, 0.25) is 0 Å². The summed E-state index contributed by atoms with van der Waals surface area (Å²) in [7, 11) is 0. The Balaban J connectivity index is 1.41. The molecule has 2 atom stereocenters.